The molecular weight excluding hydrogens is 268 g/mol. The van der Waals surface area contributed by atoms with Crippen LogP contribution >= 0.6 is 0 Å². The Kier molecular flexibility index (Phi) is 3.94. The molecule has 1 aromatic rings. The molecule has 1 unspecified atom stereocenters. The molecule has 20 heavy (non-hydrogen) atoms. The Morgan fingerprint density at radius 3 is 2.75 bits per heavy atom. The summed E-state index contributed by atoms with van der Waals surface area (Å²) in [6.45, 7) is 5.51. The predicted molar refractivity (Wildman–Crippen MR) is 87.7 cm³/mol. The van der Waals surface area contributed by atoms with Gasteiger partial charge in [0.2, 0.25) is 6.41 Å². The van der Waals surface area contributed by atoms with Crippen molar-refractivity contribution in [3.63, 3.8) is 0 Å². The van der Waals surface area contributed by atoms with E-state index < -0.39 is 10.7 Å². The van der Waals surface area contributed by atoms with Crippen molar-refractivity contribution < 1.29 is 4.79 Å². The standard InChI is InChI=1S/C16H22N2OS/c1-13-5-9-18(10-6-13)20(2)15-3-4-16-14(11-15)7-8-17(16)12-19/h3-4,11-13H,2,5-10H2,1H3/p+1. The zero-order valence-corrected chi connectivity index (χ0v) is 13.0. The number of piperidine rings is 1. The van der Waals surface area contributed by atoms with Gasteiger partial charge in [-0.05, 0) is 59.6 Å². The minimum Gasteiger partial charge on any atom is -0.314 e. The number of nitrogens with zero attached hydrogens (tertiary/aromatic N) is 2. The van der Waals surface area contributed by atoms with E-state index in [1.165, 1.54) is 36.4 Å². The van der Waals surface area contributed by atoms with E-state index in [4.69, 9.17) is 0 Å². The largest absolute Gasteiger partial charge is 0.314 e. The van der Waals surface area contributed by atoms with E-state index in [1.54, 1.807) is 4.90 Å². The second-order valence-electron chi connectivity index (χ2n) is 5.90. The second-order valence-corrected chi connectivity index (χ2v) is 7.78. The zero-order valence-electron chi connectivity index (χ0n) is 12.1. The minimum atomic E-state index is -0.461. The van der Waals surface area contributed by atoms with Crippen LogP contribution in [-0.2, 0) is 21.9 Å². The Labute approximate surface area is 123 Å². The van der Waals surface area contributed by atoms with Crippen molar-refractivity contribution in [2.24, 2.45) is 5.92 Å². The van der Waals surface area contributed by atoms with Crippen molar-refractivity contribution in [2.45, 2.75) is 31.1 Å². The average molecular weight is 291 g/mol. The van der Waals surface area contributed by atoms with Crippen LogP contribution in [0.5, 0.6) is 0 Å². The quantitative estimate of drug-likeness (QED) is 0.368. The number of thiol groups is 1. The van der Waals surface area contributed by atoms with Crippen molar-refractivity contribution >= 4 is 28.6 Å². The molecule has 0 saturated carbocycles. The lowest BCUT2D eigenvalue weighted by Crippen LogP contribution is -2.34. The van der Waals surface area contributed by atoms with Crippen molar-refractivity contribution in [1.82, 2.24) is 4.31 Å². The number of carbonyl (C=O) groups excluding carboxylic acids is 1. The predicted octanol–water partition coefficient (Wildman–Crippen LogP) is 1.99. The third kappa shape index (κ3) is 2.54. The van der Waals surface area contributed by atoms with Gasteiger partial charge in [-0.25, -0.2) is 0 Å². The van der Waals surface area contributed by atoms with Gasteiger partial charge in [0, 0.05) is 25.3 Å². The first-order valence-electron chi connectivity index (χ1n) is 7.39. The monoisotopic (exact) mass is 291 g/mol. The molecule has 0 aliphatic carbocycles. The fourth-order valence-electron chi connectivity index (χ4n) is 3.08. The highest BCUT2D eigenvalue weighted by Gasteiger charge is 2.24. The molecule has 2 aliphatic rings. The van der Waals surface area contributed by atoms with E-state index in [1.807, 2.05) is 0 Å². The Morgan fingerprint density at radius 1 is 1.30 bits per heavy atom. The van der Waals surface area contributed by atoms with Crippen LogP contribution in [0.1, 0.15) is 25.3 Å². The molecule has 1 saturated heterocycles. The highest BCUT2D eigenvalue weighted by Crippen LogP contribution is 2.30. The molecule has 2 aliphatic heterocycles. The smallest absolute Gasteiger partial charge is 0.214 e. The van der Waals surface area contributed by atoms with Crippen LogP contribution < -0.4 is 4.90 Å². The van der Waals surface area contributed by atoms with Crippen LogP contribution in [0.4, 0.5) is 5.69 Å². The van der Waals surface area contributed by atoms with Crippen LogP contribution in [0, 0.1) is 5.92 Å². The molecule has 1 aromatic carbocycles. The van der Waals surface area contributed by atoms with Gasteiger partial charge in [0.15, 0.2) is 0 Å². The van der Waals surface area contributed by atoms with Gasteiger partial charge in [-0.1, -0.05) is 6.92 Å². The molecule has 1 atom stereocenters. The fourth-order valence-corrected chi connectivity index (χ4v) is 4.68. The number of amides is 1. The van der Waals surface area contributed by atoms with Gasteiger partial charge in [-0.15, -0.1) is 0 Å². The SMILES string of the molecule is C=[SH+](c1ccc2c(c1)CCN2C=O)N1CCC(C)CC1. The molecule has 3 rings (SSSR count). The number of benzene rings is 1. The first kappa shape index (κ1) is 13.8. The Hall–Kier alpha value is -1.13. The minimum absolute atomic E-state index is 0.461. The molecule has 3 nitrogen and oxygen atoms in total. The molecule has 0 N–H and O–H groups in total. The maximum Gasteiger partial charge on any atom is 0.214 e. The fraction of sp³-hybridized carbons (Fsp3) is 0.500. The lowest BCUT2D eigenvalue weighted by atomic mass is 10.0. The molecule has 0 bridgehead atoms. The molecule has 0 spiro atoms. The summed E-state index contributed by atoms with van der Waals surface area (Å²) in [4.78, 5) is 14.1. The third-order valence-corrected chi connectivity index (χ3v) is 6.48. The van der Waals surface area contributed by atoms with Gasteiger partial charge in [-0.3, -0.25) is 4.79 Å². The topological polar surface area (TPSA) is 23.6 Å². The van der Waals surface area contributed by atoms with Crippen LogP contribution in [0.2, 0.25) is 0 Å². The second kappa shape index (κ2) is 5.70. The lowest BCUT2D eigenvalue weighted by molar-refractivity contribution is -0.107. The zero-order chi connectivity index (χ0) is 14.1. The van der Waals surface area contributed by atoms with Gasteiger partial charge in [0.1, 0.15) is 4.90 Å². The molecule has 108 valence electrons. The van der Waals surface area contributed by atoms with Crippen LogP contribution in [0.3, 0.4) is 0 Å². The molecule has 0 aromatic heterocycles. The summed E-state index contributed by atoms with van der Waals surface area (Å²) in [7, 11) is -0.461. The highest BCUT2D eigenvalue weighted by atomic mass is 32.2. The summed E-state index contributed by atoms with van der Waals surface area (Å²) in [5.74, 6) is 5.29. The summed E-state index contributed by atoms with van der Waals surface area (Å²) >= 11 is 0. The highest BCUT2D eigenvalue weighted by molar-refractivity contribution is 7.92. The maximum absolute atomic E-state index is 11.0. The van der Waals surface area contributed by atoms with Gasteiger partial charge >= 0.3 is 0 Å². The lowest BCUT2D eigenvalue weighted by Gasteiger charge is -2.27. The summed E-state index contributed by atoms with van der Waals surface area (Å²) in [6.07, 6.45) is 4.49. The molecule has 1 amide bonds. The van der Waals surface area contributed by atoms with Crippen molar-refractivity contribution in [3.8, 4) is 0 Å². The summed E-state index contributed by atoms with van der Waals surface area (Å²) < 4.78 is 2.55. The van der Waals surface area contributed by atoms with Crippen LogP contribution in [0.25, 0.3) is 0 Å². The van der Waals surface area contributed by atoms with E-state index in [2.05, 4.69) is 35.3 Å². The first-order valence-corrected chi connectivity index (χ1v) is 8.87. The maximum atomic E-state index is 11.0. The van der Waals surface area contributed by atoms with Gasteiger partial charge < -0.3 is 4.90 Å². The van der Waals surface area contributed by atoms with Gasteiger partial charge in [-0.2, -0.15) is 4.31 Å². The van der Waals surface area contributed by atoms with E-state index in [0.29, 0.717) is 0 Å². The Bertz CT molecular complexity index is 535. The summed E-state index contributed by atoms with van der Waals surface area (Å²) in [5.41, 5.74) is 2.38. The van der Waals surface area contributed by atoms with Crippen LogP contribution in [-0.4, -0.2) is 36.2 Å². The average Bonchev–Trinajstić information content (AvgIpc) is 2.89. The van der Waals surface area contributed by atoms with E-state index in [-0.39, 0.29) is 0 Å². The number of fused-ring (bicyclic) bond motifs is 1. The van der Waals surface area contributed by atoms with Crippen molar-refractivity contribution in [2.75, 3.05) is 24.5 Å². The molecule has 1 fully saturated rings. The summed E-state index contributed by atoms with van der Waals surface area (Å²) in [5, 5.41) is 0. The van der Waals surface area contributed by atoms with E-state index in [0.717, 1.165) is 31.0 Å². The molecular formula is C16H23N2OS+. The number of hydrogen-bond donors (Lipinski definition) is 0. The molecule has 0 radical (unpaired) electrons. The molecule has 4 heteroatoms. The molecule has 2 heterocycles. The van der Waals surface area contributed by atoms with Crippen molar-refractivity contribution in [3.05, 3.63) is 23.8 Å². The number of hydrogen-bond acceptors (Lipinski definition) is 2. The Balaban J connectivity index is 1.78. The Morgan fingerprint density at radius 2 is 2.05 bits per heavy atom. The third-order valence-electron chi connectivity index (χ3n) is 4.52. The van der Waals surface area contributed by atoms with Crippen molar-refractivity contribution in [1.29, 1.82) is 0 Å². The van der Waals surface area contributed by atoms with E-state index >= 15 is 0 Å². The number of carbonyl (C=O) groups is 1. The van der Waals surface area contributed by atoms with Gasteiger partial charge in [0.05, 0.1) is 5.87 Å². The number of anilines is 1. The van der Waals surface area contributed by atoms with Gasteiger partial charge in [0.25, 0.3) is 0 Å². The normalized spacial score (nSPS) is 21.8. The van der Waals surface area contributed by atoms with Crippen LogP contribution in [0.15, 0.2) is 23.1 Å². The first-order chi connectivity index (χ1) is 9.69. The van der Waals surface area contributed by atoms with E-state index in [9.17, 15) is 4.79 Å². The summed E-state index contributed by atoms with van der Waals surface area (Å²) in [6, 6.07) is 6.53. The number of rotatable bonds is 3.